The smallest absolute Gasteiger partial charge is 1.00 e. The van der Waals surface area contributed by atoms with E-state index in [0.717, 1.165) is 6.42 Å². The fourth-order valence-electron chi connectivity index (χ4n) is 1.18. The van der Waals surface area contributed by atoms with Crippen LogP contribution in [0, 0.1) is 0 Å². The summed E-state index contributed by atoms with van der Waals surface area (Å²) in [6, 6.07) is 4.12. The van der Waals surface area contributed by atoms with Crippen LogP contribution in [0.3, 0.4) is 0 Å². The molecule has 1 aromatic heterocycles. The Morgan fingerprint density at radius 2 is 2.00 bits per heavy atom. The van der Waals surface area contributed by atoms with E-state index in [1.165, 1.54) is 11.3 Å². The SMILES string of the molecule is C1=CCC(c2ccc[nH]2)=C1.[Cl-].[Cl-].[Ti+2]. The molecule has 1 nitrogen and oxygen atoms in total. The van der Waals surface area contributed by atoms with Crippen molar-refractivity contribution < 1.29 is 46.5 Å². The molecule has 68 valence electrons. The van der Waals surface area contributed by atoms with E-state index >= 15 is 0 Å². The summed E-state index contributed by atoms with van der Waals surface area (Å²) in [4.78, 5) is 3.17. The van der Waals surface area contributed by atoms with Crippen molar-refractivity contribution in [3.05, 3.63) is 42.3 Å². The number of nitrogens with one attached hydrogen (secondary N) is 1. The van der Waals surface area contributed by atoms with E-state index in [1.807, 2.05) is 12.3 Å². The van der Waals surface area contributed by atoms with E-state index < -0.39 is 0 Å². The van der Waals surface area contributed by atoms with Gasteiger partial charge < -0.3 is 29.8 Å². The number of hydrogen-bond acceptors (Lipinski definition) is 0. The second-order valence-electron chi connectivity index (χ2n) is 2.41. The Morgan fingerprint density at radius 3 is 2.46 bits per heavy atom. The summed E-state index contributed by atoms with van der Waals surface area (Å²) in [5.41, 5.74) is 2.62. The summed E-state index contributed by atoms with van der Waals surface area (Å²) in [7, 11) is 0. The van der Waals surface area contributed by atoms with Gasteiger partial charge in [-0.2, -0.15) is 0 Å². The maximum atomic E-state index is 3.17. The molecule has 0 fully saturated rings. The van der Waals surface area contributed by atoms with Gasteiger partial charge in [-0.3, -0.25) is 0 Å². The summed E-state index contributed by atoms with van der Waals surface area (Å²) in [5, 5.41) is 0. The summed E-state index contributed by atoms with van der Waals surface area (Å²) in [6.45, 7) is 0. The van der Waals surface area contributed by atoms with Crippen molar-refractivity contribution in [2.45, 2.75) is 6.42 Å². The van der Waals surface area contributed by atoms with Crippen LogP contribution in [0.25, 0.3) is 5.57 Å². The Labute approximate surface area is 105 Å². The molecule has 0 bridgehead atoms. The molecule has 0 atom stereocenters. The summed E-state index contributed by atoms with van der Waals surface area (Å²) in [5.74, 6) is 0. The Bertz CT molecular complexity index is 278. The van der Waals surface area contributed by atoms with E-state index in [0.29, 0.717) is 0 Å². The predicted molar refractivity (Wildman–Crippen MR) is 42.5 cm³/mol. The van der Waals surface area contributed by atoms with Crippen LogP contribution >= 0.6 is 0 Å². The van der Waals surface area contributed by atoms with E-state index in [4.69, 9.17) is 0 Å². The van der Waals surface area contributed by atoms with Gasteiger partial charge in [0.2, 0.25) is 0 Å². The van der Waals surface area contributed by atoms with Gasteiger partial charge in [0.25, 0.3) is 0 Å². The molecule has 0 amide bonds. The molecule has 0 saturated heterocycles. The number of H-pyrrole nitrogens is 1. The average molecular weight is 250 g/mol. The Hall–Kier alpha value is 0.0543. The molecule has 1 aliphatic carbocycles. The first kappa shape index (κ1) is 15.5. The molecule has 0 radical (unpaired) electrons. The molecule has 0 aromatic carbocycles. The second-order valence-corrected chi connectivity index (χ2v) is 2.41. The number of rotatable bonds is 1. The van der Waals surface area contributed by atoms with E-state index in [1.54, 1.807) is 0 Å². The third-order valence-corrected chi connectivity index (χ3v) is 1.72. The zero-order valence-corrected chi connectivity index (χ0v) is 10.0. The van der Waals surface area contributed by atoms with Crippen molar-refractivity contribution in [1.82, 2.24) is 4.98 Å². The van der Waals surface area contributed by atoms with E-state index in [9.17, 15) is 0 Å². The number of halogens is 2. The van der Waals surface area contributed by atoms with Crippen molar-refractivity contribution in [3.63, 3.8) is 0 Å². The number of hydrogen-bond donors (Lipinski definition) is 1. The minimum atomic E-state index is 0. The normalized spacial score (nSPS) is 12.2. The van der Waals surface area contributed by atoms with Crippen LogP contribution in [0.1, 0.15) is 12.1 Å². The van der Waals surface area contributed by atoms with Gasteiger partial charge in [-0.25, -0.2) is 0 Å². The standard InChI is InChI=1S/C9H9N.2ClH.Ti/c1-2-5-8(4-1)9-6-3-7-10-9;;;/h1-4,6-7,10H,5H2;2*1H;/q;;;+2/p-2. The molecule has 1 N–H and O–H groups in total. The third kappa shape index (κ3) is 3.74. The van der Waals surface area contributed by atoms with Gasteiger partial charge in [-0.1, -0.05) is 18.2 Å². The quantitative estimate of drug-likeness (QED) is 0.495. The largest absolute Gasteiger partial charge is 2.00 e. The van der Waals surface area contributed by atoms with Gasteiger partial charge in [-0.05, 0) is 24.1 Å². The average Bonchev–Trinajstić information content (AvgIpc) is 2.59. The Kier molecular flexibility index (Phi) is 8.90. The first-order valence-electron chi connectivity index (χ1n) is 3.46. The Morgan fingerprint density at radius 1 is 1.23 bits per heavy atom. The molecule has 1 heterocycles. The van der Waals surface area contributed by atoms with Crippen LogP contribution in [0.4, 0.5) is 0 Å². The molecule has 1 aromatic rings. The molecule has 0 unspecified atom stereocenters. The first-order chi connectivity index (χ1) is 4.97. The van der Waals surface area contributed by atoms with Crippen LogP contribution in [0.15, 0.2) is 36.6 Å². The van der Waals surface area contributed by atoms with Gasteiger partial charge in [0.1, 0.15) is 0 Å². The van der Waals surface area contributed by atoms with Crippen molar-refractivity contribution in [2.24, 2.45) is 0 Å². The molecule has 2 rings (SSSR count). The van der Waals surface area contributed by atoms with Crippen molar-refractivity contribution >= 4 is 5.57 Å². The van der Waals surface area contributed by atoms with Crippen molar-refractivity contribution in [3.8, 4) is 0 Å². The molecule has 13 heavy (non-hydrogen) atoms. The summed E-state index contributed by atoms with van der Waals surface area (Å²) < 4.78 is 0. The maximum Gasteiger partial charge on any atom is 2.00 e. The molecule has 0 aliphatic heterocycles. The van der Waals surface area contributed by atoms with Gasteiger partial charge in [0.05, 0.1) is 0 Å². The van der Waals surface area contributed by atoms with Gasteiger partial charge >= 0.3 is 21.7 Å². The monoisotopic (exact) mass is 249 g/mol. The van der Waals surface area contributed by atoms with Gasteiger partial charge in [0, 0.05) is 11.9 Å². The number of aromatic nitrogens is 1. The molecule has 4 heteroatoms. The number of aromatic amines is 1. The minimum absolute atomic E-state index is 0. The zero-order valence-electron chi connectivity index (χ0n) is 6.93. The molecular formula is C9H9Cl2NTi. The van der Waals surface area contributed by atoms with Crippen LogP contribution in [0.5, 0.6) is 0 Å². The van der Waals surface area contributed by atoms with Gasteiger partial charge in [-0.15, -0.1) is 0 Å². The molecule has 1 aliphatic rings. The number of allylic oxidation sites excluding steroid dienone is 4. The second kappa shape index (κ2) is 7.46. The maximum absolute atomic E-state index is 3.17. The van der Waals surface area contributed by atoms with Gasteiger partial charge in [0.15, 0.2) is 0 Å². The fourth-order valence-corrected chi connectivity index (χ4v) is 1.18. The van der Waals surface area contributed by atoms with E-state index in [2.05, 4.69) is 29.3 Å². The van der Waals surface area contributed by atoms with Crippen LogP contribution < -0.4 is 24.8 Å². The topological polar surface area (TPSA) is 15.8 Å². The zero-order chi connectivity index (χ0) is 6.81. The summed E-state index contributed by atoms with van der Waals surface area (Å²) >= 11 is 0. The molecule has 0 spiro atoms. The first-order valence-corrected chi connectivity index (χ1v) is 3.46. The Balaban J connectivity index is 0. The third-order valence-electron chi connectivity index (χ3n) is 1.72. The molecule has 0 saturated carbocycles. The fraction of sp³-hybridized carbons (Fsp3) is 0.111. The summed E-state index contributed by atoms with van der Waals surface area (Å²) in [6.07, 6.45) is 9.42. The van der Waals surface area contributed by atoms with Crippen LogP contribution in [0.2, 0.25) is 0 Å². The van der Waals surface area contributed by atoms with Crippen molar-refractivity contribution in [2.75, 3.05) is 0 Å². The van der Waals surface area contributed by atoms with Crippen molar-refractivity contribution in [1.29, 1.82) is 0 Å². The van der Waals surface area contributed by atoms with Crippen LogP contribution in [-0.2, 0) is 21.7 Å². The predicted octanol–water partition coefficient (Wildman–Crippen LogP) is -3.64. The molecular weight excluding hydrogens is 241 g/mol. The minimum Gasteiger partial charge on any atom is -1.00 e. The van der Waals surface area contributed by atoms with E-state index in [-0.39, 0.29) is 46.5 Å². The van der Waals surface area contributed by atoms with Crippen LogP contribution in [-0.4, -0.2) is 4.98 Å².